The number of carbonyl (C=O) groups is 2. The Balaban J connectivity index is 1.57. The van der Waals surface area contributed by atoms with Gasteiger partial charge < -0.3 is 20.4 Å². The first-order valence-corrected chi connectivity index (χ1v) is 9.28. The number of amides is 3. The molecule has 0 aromatic carbocycles. The first kappa shape index (κ1) is 20.4. The fourth-order valence-electron chi connectivity index (χ4n) is 3.33. The number of nitrogens with two attached hydrogens (primary N) is 1. The Morgan fingerprint density at radius 2 is 2.00 bits per heavy atom. The van der Waals surface area contributed by atoms with E-state index in [-0.39, 0.29) is 17.3 Å². The summed E-state index contributed by atoms with van der Waals surface area (Å²) in [4.78, 5) is 33.5. The van der Waals surface area contributed by atoms with Crippen LogP contribution in [-0.2, 0) is 11.0 Å². The van der Waals surface area contributed by atoms with Crippen molar-refractivity contribution in [2.45, 2.75) is 18.6 Å². The number of pyridine rings is 2. The number of hydrogen-bond donors (Lipinski definition) is 3. The number of nitrogens with zero attached hydrogens (tertiary/aromatic N) is 4. The molecular formula is C19H18F3N7O2. The molecule has 1 fully saturated rings. The molecule has 1 saturated heterocycles. The molecule has 4 heterocycles. The van der Waals surface area contributed by atoms with Crippen molar-refractivity contribution in [2.75, 3.05) is 24.6 Å². The normalized spacial score (nSPS) is 16.1. The van der Waals surface area contributed by atoms with Crippen LogP contribution in [0.25, 0.3) is 16.8 Å². The molecule has 162 valence electrons. The Hall–Kier alpha value is -3.83. The van der Waals surface area contributed by atoms with Crippen LogP contribution in [0.2, 0.25) is 0 Å². The molecule has 0 saturated carbocycles. The second-order valence-corrected chi connectivity index (χ2v) is 7.01. The second-order valence-electron chi connectivity index (χ2n) is 7.01. The lowest BCUT2D eigenvalue weighted by Gasteiger charge is -2.38. The number of halogens is 3. The van der Waals surface area contributed by atoms with Gasteiger partial charge in [-0.05, 0) is 24.6 Å². The van der Waals surface area contributed by atoms with Crippen LogP contribution in [0.1, 0.15) is 12.0 Å². The fraction of sp³-hybridized carbons (Fsp3) is 0.263. The van der Waals surface area contributed by atoms with E-state index in [1.165, 1.54) is 24.3 Å². The molecule has 3 amide bonds. The lowest BCUT2D eigenvalue weighted by atomic mass is 10.0. The van der Waals surface area contributed by atoms with Gasteiger partial charge in [0.25, 0.3) is 0 Å². The van der Waals surface area contributed by atoms with Gasteiger partial charge in [0.2, 0.25) is 5.91 Å². The van der Waals surface area contributed by atoms with Crippen LogP contribution in [0.4, 0.5) is 29.6 Å². The zero-order valence-electron chi connectivity index (χ0n) is 16.3. The van der Waals surface area contributed by atoms with E-state index in [2.05, 4.69) is 20.6 Å². The zero-order chi connectivity index (χ0) is 22.3. The summed E-state index contributed by atoms with van der Waals surface area (Å²) >= 11 is 0. The van der Waals surface area contributed by atoms with Gasteiger partial charge >= 0.3 is 12.2 Å². The summed E-state index contributed by atoms with van der Waals surface area (Å²) in [5.74, 6) is -0.585. The number of aromatic nitrogens is 3. The first-order chi connectivity index (χ1) is 14.7. The molecule has 0 bridgehead atoms. The average molecular weight is 433 g/mol. The van der Waals surface area contributed by atoms with Crippen LogP contribution < -0.4 is 16.4 Å². The van der Waals surface area contributed by atoms with E-state index < -0.39 is 29.6 Å². The predicted molar refractivity (Wildman–Crippen MR) is 106 cm³/mol. The maximum Gasteiger partial charge on any atom is 0.419 e. The third-order valence-corrected chi connectivity index (χ3v) is 5.07. The molecule has 1 unspecified atom stereocenters. The number of nitrogens with one attached hydrogen (secondary N) is 2. The Bertz CT molecular complexity index is 1180. The number of hydrogen-bond acceptors (Lipinski definition) is 5. The minimum atomic E-state index is -4.62. The number of imidazole rings is 1. The molecule has 1 aliphatic heterocycles. The lowest BCUT2D eigenvalue weighted by Crippen LogP contribution is -2.58. The Labute approximate surface area is 174 Å². The zero-order valence-corrected chi connectivity index (χ0v) is 16.3. The molecule has 0 radical (unpaired) electrons. The van der Waals surface area contributed by atoms with Crippen LogP contribution in [0, 0.1) is 0 Å². The van der Waals surface area contributed by atoms with Crippen LogP contribution in [0.5, 0.6) is 0 Å². The topological polar surface area (TPSA) is 118 Å². The van der Waals surface area contributed by atoms with Crippen molar-refractivity contribution >= 4 is 29.2 Å². The second kappa shape index (κ2) is 7.45. The number of carbonyl (C=O) groups excluding carboxylic acids is 2. The molecule has 1 aliphatic rings. The number of likely N-dealkylation sites (tertiary alicyclic amines) is 1. The van der Waals surface area contributed by atoms with Crippen molar-refractivity contribution in [3.05, 3.63) is 42.4 Å². The van der Waals surface area contributed by atoms with Gasteiger partial charge in [0.1, 0.15) is 17.5 Å². The number of urea groups is 1. The third-order valence-electron chi connectivity index (χ3n) is 5.07. The highest BCUT2D eigenvalue weighted by Crippen LogP contribution is 2.35. The van der Waals surface area contributed by atoms with Crippen LogP contribution in [0.3, 0.4) is 0 Å². The van der Waals surface area contributed by atoms with Gasteiger partial charge in [-0.3, -0.25) is 10.1 Å². The molecule has 31 heavy (non-hydrogen) atoms. The van der Waals surface area contributed by atoms with Gasteiger partial charge in [-0.25, -0.2) is 14.8 Å². The van der Waals surface area contributed by atoms with Crippen molar-refractivity contribution < 1.29 is 22.8 Å². The van der Waals surface area contributed by atoms with Crippen molar-refractivity contribution in [1.82, 2.24) is 24.6 Å². The van der Waals surface area contributed by atoms with E-state index in [4.69, 9.17) is 5.73 Å². The van der Waals surface area contributed by atoms with Crippen LogP contribution in [-0.4, -0.2) is 50.8 Å². The van der Waals surface area contributed by atoms with E-state index in [0.29, 0.717) is 24.2 Å². The van der Waals surface area contributed by atoms with Crippen molar-refractivity contribution in [3.8, 4) is 11.1 Å². The summed E-state index contributed by atoms with van der Waals surface area (Å²) in [6.07, 6.45) is 0.321. The van der Waals surface area contributed by atoms with Gasteiger partial charge in [-0.15, -0.1) is 0 Å². The molecule has 4 N–H and O–H groups in total. The Kier molecular flexibility index (Phi) is 4.91. The summed E-state index contributed by atoms with van der Waals surface area (Å²) in [5, 5.41) is 5.15. The quantitative estimate of drug-likeness (QED) is 0.586. The minimum absolute atomic E-state index is 0.233. The number of rotatable bonds is 3. The van der Waals surface area contributed by atoms with Gasteiger partial charge in [-0.2, -0.15) is 13.2 Å². The highest BCUT2D eigenvalue weighted by Gasteiger charge is 2.37. The number of likely N-dealkylation sites (N-methyl/N-ethyl adjacent to an activating group) is 1. The number of fused-ring (bicyclic) bond motifs is 1. The summed E-state index contributed by atoms with van der Waals surface area (Å²) in [6.45, 7) is 0.452. The maximum absolute atomic E-state index is 13.1. The lowest BCUT2D eigenvalue weighted by molar-refractivity contribution is -0.137. The molecule has 0 spiro atoms. The average Bonchev–Trinajstić information content (AvgIpc) is 3.07. The molecular weight excluding hydrogens is 415 g/mol. The standard InChI is InChI=1S/C19H18F3N7O2/c1-24-17(30)13-4-5-29(13)18(31)27-14-9-28-8-10(2-3-15(28)26-14)11-6-12(19(20,21)22)16(23)25-7-11/h2-3,6-9,13H,4-5H2,1H3,(H2,23,25)(H,24,30)(H,27,31). The highest BCUT2D eigenvalue weighted by atomic mass is 19.4. The molecule has 12 heteroatoms. The van der Waals surface area contributed by atoms with Crippen LogP contribution >= 0.6 is 0 Å². The van der Waals surface area contributed by atoms with Gasteiger partial charge in [0.15, 0.2) is 5.82 Å². The number of anilines is 2. The first-order valence-electron chi connectivity index (χ1n) is 9.28. The minimum Gasteiger partial charge on any atom is -0.383 e. The van der Waals surface area contributed by atoms with Gasteiger partial charge in [0.05, 0.1) is 11.8 Å². The van der Waals surface area contributed by atoms with E-state index in [1.807, 2.05) is 0 Å². The summed E-state index contributed by atoms with van der Waals surface area (Å²) in [7, 11) is 1.50. The Morgan fingerprint density at radius 3 is 2.65 bits per heavy atom. The predicted octanol–water partition coefficient (Wildman–Crippen LogP) is 2.35. The fourth-order valence-corrected chi connectivity index (χ4v) is 3.33. The van der Waals surface area contributed by atoms with Crippen molar-refractivity contribution in [1.29, 1.82) is 0 Å². The molecule has 9 nitrogen and oxygen atoms in total. The monoisotopic (exact) mass is 433 g/mol. The molecule has 1 atom stereocenters. The molecule has 3 aromatic rings. The summed E-state index contributed by atoms with van der Waals surface area (Å²) < 4.78 is 40.9. The smallest absolute Gasteiger partial charge is 0.383 e. The van der Waals surface area contributed by atoms with Gasteiger partial charge in [0, 0.05) is 37.1 Å². The van der Waals surface area contributed by atoms with E-state index in [9.17, 15) is 22.8 Å². The number of alkyl halides is 3. The largest absolute Gasteiger partial charge is 0.419 e. The highest BCUT2D eigenvalue weighted by molar-refractivity contribution is 5.94. The van der Waals surface area contributed by atoms with E-state index >= 15 is 0 Å². The third kappa shape index (κ3) is 3.83. The maximum atomic E-state index is 13.1. The van der Waals surface area contributed by atoms with E-state index in [0.717, 1.165) is 6.07 Å². The molecule has 3 aromatic heterocycles. The number of nitrogen functional groups attached to an aromatic ring is 1. The summed E-state index contributed by atoms with van der Waals surface area (Å²) in [5.41, 5.74) is 5.52. The van der Waals surface area contributed by atoms with E-state index in [1.54, 1.807) is 22.7 Å². The molecule has 0 aliphatic carbocycles. The van der Waals surface area contributed by atoms with Gasteiger partial charge in [-0.1, -0.05) is 0 Å². The van der Waals surface area contributed by atoms with Crippen molar-refractivity contribution in [3.63, 3.8) is 0 Å². The van der Waals surface area contributed by atoms with Crippen molar-refractivity contribution in [2.24, 2.45) is 0 Å². The Morgan fingerprint density at radius 1 is 1.23 bits per heavy atom. The van der Waals surface area contributed by atoms with Crippen LogP contribution in [0.15, 0.2) is 36.8 Å². The summed E-state index contributed by atoms with van der Waals surface area (Å²) in [6, 6.07) is 3.16. The molecule has 4 rings (SSSR count). The SMILES string of the molecule is CNC(=O)C1CCN1C(=O)Nc1cn2cc(-c3cnc(N)c(C(F)(F)F)c3)ccc2n1.